The highest BCUT2D eigenvalue weighted by atomic mass is 32.1. The van der Waals surface area contributed by atoms with Gasteiger partial charge in [0.1, 0.15) is 0 Å². The lowest BCUT2D eigenvalue weighted by Crippen LogP contribution is -2.17. The van der Waals surface area contributed by atoms with Crippen LogP contribution in [0.15, 0.2) is 46.6 Å². The molecule has 1 aromatic carbocycles. The molecule has 110 valence electrons. The zero-order valence-electron chi connectivity index (χ0n) is 11.5. The lowest BCUT2D eigenvalue weighted by Gasteiger charge is -1.99. The fraction of sp³-hybridized carbons (Fsp3) is 0.0625. The summed E-state index contributed by atoms with van der Waals surface area (Å²) in [5.74, 6) is -0.973. The quantitative estimate of drug-likeness (QED) is 0.803. The van der Waals surface area contributed by atoms with Gasteiger partial charge in [-0.3, -0.25) is 14.0 Å². The Balaban J connectivity index is 1.98. The van der Waals surface area contributed by atoms with Gasteiger partial charge in [-0.1, -0.05) is 36.4 Å². The average Bonchev–Trinajstić information content (AvgIpc) is 2.89. The van der Waals surface area contributed by atoms with Crippen LogP contribution in [0, 0.1) is 0 Å². The fourth-order valence-corrected chi connectivity index (χ4v) is 3.00. The molecule has 0 radical (unpaired) electrons. The first-order chi connectivity index (χ1) is 10.6. The van der Waals surface area contributed by atoms with Crippen LogP contribution in [-0.4, -0.2) is 20.5 Å². The number of thiazole rings is 1. The average molecular weight is 312 g/mol. The van der Waals surface area contributed by atoms with Crippen LogP contribution in [0.3, 0.4) is 0 Å². The Labute approximate surface area is 129 Å². The molecule has 0 spiro atoms. The smallest absolute Gasteiger partial charge is 0.309 e. The van der Waals surface area contributed by atoms with Crippen LogP contribution < -0.4 is 5.56 Å². The van der Waals surface area contributed by atoms with Crippen molar-refractivity contribution in [3.05, 3.63) is 69.1 Å². The molecule has 0 aliphatic heterocycles. The molecular weight excluding hydrogens is 300 g/mol. The van der Waals surface area contributed by atoms with Gasteiger partial charge >= 0.3 is 5.97 Å². The van der Waals surface area contributed by atoms with Gasteiger partial charge in [-0.25, -0.2) is 4.98 Å². The summed E-state index contributed by atoms with van der Waals surface area (Å²) in [5.41, 5.74) is 1.75. The van der Waals surface area contributed by atoms with Gasteiger partial charge < -0.3 is 5.11 Å². The molecule has 0 unspecified atom stereocenters. The molecule has 2 aromatic heterocycles. The summed E-state index contributed by atoms with van der Waals surface area (Å²) >= 11 is 1.26. The normalized spacial score (nSPS) is 11.3. The van der Waals surface area contributed by atoms with Gasteiger partial charge in [0, 0.05) is 17.1 Å². The first kappa shape index (κ1) is 14.2. The molecule has 22 heavy (non-hydrogen) atoms. The van der Waals surface area contributed by atoms with Crippen LogP contribution in [0.25, 0.3) is 17.1 Å². The van der Waals surface area contributed by atoms with Crippen molar-refractivity contribution < 1.29 is 9.90 Å². The molecule has 3 rings (SSSR count). The number of carboxylic acids is 1. The molecule has 0 saturated heterocycles. The van der Waals surface area contributed by atoms with E-state index < -0.39 is 5.97 Å². The second-order valence-electron chi connectivity index (χ2n) is 4.68. The Morgan fingerprint density at radius 1 is 1.27 bits per heavy atom. The number of carboxylic acid groups (broad SMARTS) is 1. The summed E-state index contributed by atoms with van der Waals surface area (Å²) in [6.07, 6.45) is 3.46. The zero-order valence-corrected chi connectivity index (χ0v) is 12.3. The van der Waals surface area contributed by atoms with Gasteiger partial charge in [0.2, 0.25) is 0 Å². The lowest BCUT2D eigenvalue weighted by atomic mass is 10.2. The largest absolute Gasteiger partial charge is 0.481 e. The van der Waals surface area contributed by atoms with E-state index in [1.807, 2.05) is 36.4 Å². The Kier molecular flexibility index (Phi) is 3.84. The van der Waals surface area contributed by atoms with E-state index in [0.29, 0.717) is 16.3 Å². The number of fused-ring (bicyclic) bond motifs is 1. The molecule has 0 fully saturated rings. The molecule has 6 heteroatoms. The second-order valence-corrected chi connectivity index (χ2v) is 5.52. The molecule has 0 aliphatic carbocycles. The Hall–Kier alpha value is -2.73. The Morgan fingerprint density at radius 3 is 2.77 bits per heavy atom. The van der Waals surface area contributed by atoms with E-state index in [9.17, 15) is 9.59 Å². The number of aliphatic carboxylic acids is 1. The Bertz CT molecular complexity index is 910. The lowest BCUT2D eigenvalue weighted by molar-refractivity contribution is -0.136. The molecule has 3 aromatic rings. The first-order valence-corrected chi connectivity index (χ1v) is 7.46. The number of benzene rings is 1. The van der Waals surface area contributed by atoms with Crippen molar-refractivity contribution >= 4 is 34.4 Å². The van der Waals surface area contributed by atoms with E-state index >= 15 is 0 Å². The SMILES string of the molecule is O=C(O)Cc1csc2nc(C=Cc3ccccc3)cc(=O)n12. The number of nitrogens with zero attached hydrogens (tertiary/aromatic N) is 2. The summed E-state index contributed by atoms with van der Waals surface area (Å²) in [4.78, 5) is 27.9. The van der Waals surface area contributed by atoms with Gasteiger partial charge in [0.25, 0.3) is 5.56 Å². The molecule has 2 heterocycles. The first-order valence-electron chi connectivity index (χ1n) is 6.58. The van der Waals surface area contributed by atoms with Gasteiger partial charge in [0.15, 0.2) is 4.96 Å². The molecule has 0 amide bonds. The maximum atomic E-state index is 12.2. The number of hydrogen-bond acceptors (Lipinski definition) is 4. The molecule has 0 saturated carbocycles. The van der Waals surface area contributed by atoms with Crippen molar-refractivity contribution in [1.29, 1.82) is 0 Å². The van der Waals surface area contributed by atoms with Crippen LogP contribution >= 0.6 is 11.3 Å². The molecule has 5 nitrogen and oxygen atoms in total. The van der Waals surface area contributed by atoms with E-state index in [1.165, 1.54) is 21.8 Å². The third-order valence-corrected chi connectivity index (χ3v) is 3.95. The van der Waals surface area contributed by atoms with Gasteiger partial charge in [0.05, 0.1) is 12.1 Å². The van der Waals surface area contributed by atoms with Gasteiger partial charge in [-0.2, -0.15) is 0 Å². The van der Waals surface area contributed by atoms with Crippen LogP contribution in [0.1, 0.15) is 17.0 Å². The summed E-state index contributed by atoms with van der Waals surface area (Å²) in [6, 6.07) is 11.1. The number of hydrogen-bond donors (Lipinski definition) is 1. The zero-order chi connectivity index (χ0) is 15.5. The van der Waals surface area contributed by atoms with Crippen molar-refractivity contribution in [2.24, 2.45) is 0 Å². The highest BCUT2D eigenvalue weighted by Crippen LogP contribution is 2.14. The predicted octanol–water partition coefficient (Wildman–Crippen LogP) is 2.55. The minimum absolute atomic E-state index is 0.194. The molecule has 0 bridgehead atoms. The maximum absolute atomic E-state index is 12.2. The topological polar surface area (TPSA) is 71.7 Å². The van der Waals surface area contributed by atoms with E-state index in [2.05, 4.69) is 4.98 Å². The minimum Gasteiger partial charge on any atom is -0.481 e. The third kappa shape index (κ3) is 2.96. The monoisotopic (exact) mass is 312 g/mol. The molecule has 0 aliphatic rings. The third-order valence-electron chi connectivity index (χ3n) is 3.07. The molecule has 1 N–H and O–H groups in total. The number of carbonyl (C=O) groups is 1. The van der Waals surface area contributed by atoms with Crippen molar-refractivity contribution in [2.75, 3.05) is 0 Å². The van der Waals surface area contributed by atoms with Crippen LogP contribution in [0.4, 0.5) is 0 Å². The fourth-order valence-electron chi connectivity index (χ4n) is 2.10. The maximum Gasteiger partial charge on any atom is 0.309 e. The molecule has 0 atom stereocenters. The van der Waals surface area contributed by atoms with E-state index in [4.69, 9.17) is 5.11 Å². The van der Waals surface area contributed by atoms with Gasteiger partial charge in [-0.15, -0.1) is 11.3 Å². The predicted molar refractivity (Wildman–Crippen MR) is 86.0 cm³/mol. The second kappa shape index (κ2) is 5.95. The summed E-state index contributed by atoms with van der Waals surface area (Å²) in [6.45, 7) is 0. The summed E-state index contributed by atoms with van der Waals surface area (Å²) in [5, 5.41) is 10.5. The van der Waals surface area contributed by atoms with Crippen molar-refractivity contribution in [3.63, 3.8) is 0 Å². The number of aromatic nitrogens is 2. The summed E-state index contributed by atoms with van der Waals surface area (Å²) in [7, 11) is 0. The Morgan fingerprint density at radius 2 is 2.05 bits per heavy atom. The van der Waals surface area contributed by atoms with Crippen molar-refractivity contribution in [2.45, 2.75) is 6.42 Å². The summed E-state index contributed by atoms with van der Waals surface area (Å²) < 4.78 is 1.35. The van der Waals surface area contributed by atoms with E-state index in [1.54, 1.807) is 11.5 Å². The van der Waals surface area contributed by atoms with Crippen LogP contribution in [0.2, 0.25) is 0 Å². The van der Waals surface area contributed by atoms with Crippen LogP contribution in [0.5, 0.6) is 0 Å². The molecular formula is C16H12N2O3S. The van der Waals surface area contributed by atoms with Gasteiger partial charge in [-0.05, 0) is 11.6 Å². The highest BCUT2D eigenvalue weighted by Gasteiger charge is 2.10. The minimum atomic E-state index is -0.973. The highest BCUT2D eigenvalue weighted by molar-refractivity contribution is 7.15. The van der Waals surface area contributed by atoms with Crippen molar-refractivity contribution in [3.8, 4) is 0 Å². The van der Waals surface area contributed by atoms with Crippen molar-refractivity contribution in [1.82, 2.24) is 9.38 Å². The van der Waals surface area contributed by atoms with E-state index in [-0.39, 0.29) is 12.0 Å². The number of rotatable bonds is 4. The van der Waals surface area contributed by atoms with E-state index in [0.717, 1.165) is 5.56 Å². The standard InChI is InChI=1S/C16H12N2O3S/c19-14-8-12(7-6-11-4-2-1-3-5-11)17-16-18(14)13(10-22-16)9-15(20)21/h1-8,10H,9H2,(H,20,21). The van der Waals surface area contributed by atoms with Crippen LogP contribution in [-0.2, 0) is 11.2 Å².